The average Bonchev–Trinajstić information content (AvgIpc) is 2.41. The molecule has 0 unspecified atom stereocenters. The first-order valence-corrected chi connectivity index (χ1v) is 7.02. The third-order valence-corrected chi connectivity index (χ3v) is 4.03. The molecule has 0 saturated carbocycles. The number of rotatable bonds is 1. The van der Waals surface area contributed by atoms with E-state index in [-0.39, 0.29) is 5.43 Å². The molecule has 86 valence electrons. The molecule has 0 aliphatic heterocycles. The first-order valence-electron chi connectivity index (χ1n) is 5.30. The van der Waals surface area contributed by atoms with Crippen LogP contribution < -0.4 is 9.89 Å². The molecular formula is C14H7NO2Se. The summed E-state index contributed by atoms with van der Waals surface area (Å²) in [4.78, 5) is 14.4. The van der Waals surface area contributed by atoms with E-state index in [9.17, 15) is 4.79 Å². The van der Waals surface area contributed by atoms with Gasteiger partial charge in [0.2, 0.25) is 0 Å². The van der Waals surface area contributed by atoms with Crippen molar-refractivity contribution in [2.24, 2.45) is 0 Å². The average molecular weight is 300 g/mol. The number of nitriles is 1. The van der Waals surface area contributed by atoms with Gasteiger partial charge in [0.05, 0.1) is 0 Å². The van der Waals surface area contributed by atoms with Gasteiger partial charge in [0.25, 0.3) is 0 Å². The van der Waals surface area contributed by atoms with E-state index in [4.69, 9.17) is 9.68 Å². The summed E-state index contributed by atoms with van der Waals surface area (Å²) in [6.45, 7) is 0. The van der Waals surface area contributed by atoms with Gasteiger partial charge in [-0.25, -0.2) is 0 Å². The van der Waals surface area contributed by atoms with Crippen molar-refractivity contribution in [1.82, 2.24) is 0 Å². The van der Waals surface area contributed by atoms with Crippen LogP contribution in [0.5, 0.6) is 0 Å². The number of fused-ring (bicyclic) bond motifs is 3. The monoisotopic (exact) mass is 301 g/mol. The van der Waals surface area contributed by atoms with Crippen LogP contribution in [0.2, 0.25) is 0 Å². The van der Waals surface area contributed by atoms with E-state index in [0.29, 0.717) is 15.4 Å². The Morgan fingerprint density at radius 2 is 2.00 bits per heavy atom. The summed E-state index contributed by atoms with van der Waals surface area (Å²) in [5.41, 5.74) is 0.478. The quantitative estimate of drug-likeness (QED) is 0.508. The van der Waals surface area contributed by atoms with Crippen molar-refractivity contribution >= 4 is 41.2 Å². The van der Waals surface area contributed by atoms with Crippen LogP contribution in [0.3, 0.4) is 0 Å². The van der Waals surface area contributed by atoms with Gasteiger partial charge in [0.15, 0.2) is 0 Å². The molecule has 0 saturated heterocycles. The summed E-state index contributed by atoms with van der Waals surface area (Å²) in [5, 5.41) is 11.2. The molecular weight excluding hydrogens is 293 g/mol. The molecule has 0 fully saturated rings. The second kappa shape index (κ2) is 4.30. The topological polar surface area (TPSA) is 54.0 Å². The van der Waals surface area contributed by atoms with E-state index in [1.807, 2.05) is 35.3 Å². The molecule has 3 rings (SSSR count). The molecule has 3 aromatic rings. The van der Waals surface area contributed by atoms with Crippen molar-refractivity contribution in [2.75, 3.05) is 0 Å². The van der Waals surface area contributed by atoms with Crippen LogP contribution >= 0.6 is 0 Å². The zero-order valence-corrected chi connectivity index (χ0v) is 10.9. The Morgan fingerprint density at radius 1 is 1.17 bits per heavy atom. The molecule has 1 aromatic heterocycles. The van der Waals surface area contributed by atoms with Crippen LogP contribution in [-0.4, -0.2) is 15.0 Å². The van der Waals surface area contributed by atoms with Crippen LogP contribution in [0, 0.1) is 10.2 Å². The first kappa shape index (κ1) is 11.0. The van der Waals surface area contributed by atoms with Crippen LogP contribution in [0.4, 0.5) is 0 Å². The molecule has 0 amide bonds. The van der Waals surface area contributed by atoms with E-state index in [1.165, 1.54) is 6.26 Å². The number of hydrogen-bond donors (Lipinski definition) is 0. The van der Waals surface area contributed by atoms with Gasteiger partial charge in [-0.1, -0.05) is 0 Å². The van der Waals surface area contributed by atoms with Crippen molar-refractivity contribution in [3.05, 3.63) is 52.9 Å². The van der Waals surface area contributed by atoms with E-state index < -0.39 is 15.0 Å². The molecule has 3 nitrogen and oxygen atoms in total. The first-order chi connectivity index (χ1) is 8.81. The molecule has 0 spiro atoms. The fourth-order valence-electron chi connectivity index (χ4n) is 2.00. The Balaban J connectivity index is 2.52. The fourth-order valence-corrected chi connectivity index (χ4v) is 2.81. The summed E-state index contributed by atoms with van der Waals surface area (Å²) >= 11 is -0.494. The predicted molar refractivity (Wildman–Crippen MR) is 71.0 cm³/mol. The van der Waals surface area contributed by atoms with Gasteiger partial charge in [-0.2, -0.15) is 0 Å². The van der Waals surface area contributed by atoms with Crippen molar-refractivity contribution in [2.45, 2.75) is 0 Å². The van der Waals surface area contributed by atoms with Gasteiger partial charge in [0.1, 0.15) is 0 Å². The van der Waals surface area contributed by atoms with Crippen molar-refractivity contribution in [3.63, 3.8) is 0 Å². The molecule has 0 radical (unpaired) electrons. The zero-order chi connectivity index (χ0) is 12.5. The second-order valence-electron chi connectivity index (χ2n) is 3.78. The van der Waals surface area contributed by atoms with E-state index in [2.05, 4.69) is 0 Å². The Morgan fingerprint density at radius 3 is 2.83 bits per heavy atom. The third-order valence-electron chi connectivity index (χ3n) is 2.79. The second-order valence-corrected chi connectivity index (χ2v) is 5.52. The summed E-state index contributed by atoms with van der Waals surface area (Å²) < 4.78 is 5.92. The summed E-state index contributed by atoms with van der Waals surface area (Å²) in [6.07, 6.45) is 1.41. The van der Waals surface area contributed by atoms with Gasteiger partial charge < -0.3 is 0 Å². The minimum atomic E-state index is -0.494. The molecule has 0 aliphatic rings. The molecule has 0 bridgehead atoms. The van der Waals surface area contributed by atoms with Crippen LogP contribution in [-0.2, 0) is 0 Å². The Bertz CT molecular complexity index is 846. The predicted octanol–water partition coefficient (Wildman–Crippen LogP) is 1.76. The Labute approximate surface area is 109 Å². The number of benzene rings is 2. The maximum absolute atomic E-state index is 12.3. The molecule has 0 N–H and O–H groups in total. The molecule has 2 aromatic carbocycles. The normalized spacial score (nSPS) is 10.6. The number of hydrogen-bond acceptors (Lipinski definition) is 3. The maximum atomic E-state index is 12.3. The molecule has 4 heteroatoms. The van der Waals surface area contributed by atoms with E-state index in [1.54, 1.807) is 6.07 Å². The van der Waals surface area contributed by atoms with E-state index >= 15 is 0 Å². The van der Waals surface area contributed by atoms with Crippen LogP contribution in [0.1, 0.15) is 0 Å². The summed E-state index contributed by atoms with van der Waals surface area (Å²) in [5.74, 6) is 0. The van der Waals surface area contributed by atoms with Gasteiger partial charge in [-0.3, -0.25) is 0 Å². The van der Waals surface area contributed by atoms with Gasteiger partial charge in [-0.05, 0) is 0 Å². The van der Waals surface area contributed by atoms with Gasteiger partial charge in [0, 0.05) is 0 Å². The molecule has 0 atom stereocenters. The number of nitrogens with zero attached hydrogens (tertiary/aromatic N) is 1. The SMILES string of the molecule is N#C[Se]c1coc2ccc3ccccc3c2c1=O. The molecule has 18 heavy (non-hydrogen) atoms. The van der Waals surface area contributed by atoms with Gasteiger partial charge >= 0.3 is 109 Å². The zero-order valence-electron chi connectivity index (χ0n) is 9.21. The standard InChI is InChI=1S/C14H7NO2Se/c15-8-18-12-7-17-11-6-5-9-3-1-2-4-10(9)13(11)14(12)16/h1-7H. The van der Waals surface area contributed by atoms with Crippen LogP contribution in [0.15, 0.2) is 51.9 Å². The van der Waals surface area contributed by atoms with Gasteiger partial charge in [-0.15, -0.1) is 0 Å². The van der Waals surface area contributed by atoms with Crippen LogP contribution in [0.25, 0.3) is 21.7 Å². The van der Waals surface area contributed by atoms with Crippen molar-refractivity contribution in [3.8, 4) is 4.97 Å². The third kappa shape index (κ3) is 1.62. The van der Waals surface area contributed by atoms with E-state index in [0.717, 1.165) is 10.8 Å². The Hall–Kier alpha value is -2.08. The van der Waals surface area contributed by atoms with Crippen molar-refractivity contribution in [1.29, 1.82) is 5.26 Å². The molecule has 0 aliphatic carbocycles. The van der Waals surface area contributed by atoms with Crippen molar-refractivity contribution < 1.29 is 4.42 Å². The summed E-state index contributed by atoms with van der Waals surface area (Å²) in [6, 6.07) is 11.4. The Kier molecular flexibility index (Phi) is 2.64. The fraction of sp³-hybridized carbons (Fsp3) is 0. The summed E-state index contributed by atoms with van der Waals surface area (Å²) in [7, 11) is 0. The molecule has 1 heterocycles. The minimum absolute atomic E-state index is 0.0883.